The minimum Gasteiger partial charge on any atom is -0.495 e. The van der Waals surface area contributed by atoms with Crippen LogP contribution in [0.1, 0.15) is 112 Å². The van der Waals surface area contributed by atoms with Crippen LogP contribution in [0.25, 0.3) is 11.3 Å². The monoisotopic (exact) mass is 883 g/mol. The molecule has 9 rings (SSSR count). The third kappa shape index (κ3) is 9.14. The molecule has 3 aliphatic heterocycles. The molecule has 2 aliphatic carbocycles. The van der Waals surface area contributed by atoms with Gasteiger partial charge in [-0.15, -0.1) is 5.10 Å². The Morgan fingerprint density at radius 2 is 1.80 bits per heavy atom. The highest BCUT2D eigenvalue weighted by molar-refractivity contribution is 6.06. The Bertz CT molecular complexity index is 2500. The van der Waals surface area contributed by atoms with Crippen molar-refractivity contribution in [3.05, 3.63) is 65.5 Å². The van der Waals surface area contributed by atoms with E-state index in [4.69, 9.17) is 14.5 Å². The van der Waals surface area contributed by atoms with Crippen LogP contribution < -0.4 is 30.5 Å². The fourth-order valence-corrected chi connectivity index (χ4v) is 10.1. The molecule has 17 nitrogen and oxygen atoms in total. The highest BCUT2D eigenvalue weighted by Crippen LogP contribution is 2.41. The van der Waals surface area contributed by atoms with E-state index in [1.165, 1.54) is 0 Å². The van der Waals surface area contributed by atoms with E-state index in [9.17, 15) is 19.2 Å². The number of carbonyl (C=O) groups excluding carboxylic acids is 4. The number of nitrogens with one attached hydrogen (secondary N) is 3. The van der Waals surface area contributed by atoms with Crippen LogP contribution in [0.2, 0.25) is 0 Å². The summed E-state index contributed by atoms with van der Waals surface area (Å²) in [6, 6.07) is 11.4. The van der Waals surface area contributed by atoms with E-state index in [0.29, 0.717) is 62.3 Å². The standard InChI is InChI=1S/C48H57N11O6/c1-4-39-47(63)56(2)41-27-50-48(53-44(41)59(39)34-12-5-6-13-34)51-37-20-15-31(26-42(37)64-3)38-29-58(55-54-38)33-18-16-32(17-19-33)49-23-25-65-24-8-7-10-30-11-9-14-35-36(30)28-57(46(35)62)40-21-22-43(60)52-45(40)61/h9,11,14-15,20,26-27,29,32-34,39-40,49H,4-6,8,12-13,16-19,21-25,28H2,1-3H3,(H,50,51,53)(H,52,60,61)/t32?,33?,39-,40?/m1/s1. The molecule has 1 saturated heterocycles. The number of nitrogens with zero attached hydrogens (tertiary/aromatic N) is 8. The van der Waals surface area contributed by atoms with E-state index >= 15 is 0 Å². The smallest absolute Gasteiger partial charge is 0.255 e. The number of anilines is 4. The van der Waals surface area contributed by atoms with E-state index in [1.54, 1.807) is 36.2 Å². The molecule has 0 bridgehead atoms. The first kappa shape index (κ1) is 43.9. The van der Waals surface area contributed by atoms with Gasteiger partial charge in [0.2, 0.25) is 23.7 Å². The molecule has 0 radical (unpaired) electrons. The maximum absolute atomic E-state index is 13.3. The molecular formula is C48H57N11O6. The Morgan fingerprint density at radius 1 is 0.969 bits per heavy atom. The fraction of sp³-hybridized carbons (Fsp3) is 0.500. The van der Waals surface area contributed by atoms with Crippen molar-refractivity contribution in [2.45, 2.75) is 121 Å². The highest BCUT2D eigenvalue weighted by Gasteiger charge is 2.42. The lowest BCUT2D eigenvalue weighted by atomic mass is 9.91. The zero-order valence-corrected chi connectivity index (χ0v) is 37.3. The molecule has 4 aromatic rings. The first-order valence-corrected chi connectivity index (χ1v) is 23.1. The summed E-state index contributed by atoms with van der Waals surface area (Å²) in [5.74, 6) is 7.41. The van der Waals surface area contributed by atoms with Gasteiger partial charge >= 0.3 is 0 Å². The van der Waals surface area contributed by atoms with Crippen LogP contribution in [0.15, 0.2) is 48.8 Å². The van der Waals surface area contributed by atoms with Gasteiger partial charge in [-0.25, -0.2) is 9.67 Å². The lowest BCUT2D eigenvalue weighted by Crippen LogP contribution is -2.55. The SMILES string of the molecule is CC[C@@H]1C(=O)N(C)c2cnc(Nc3ccc(-c4cn(C5CCC(NCCOCCC#Cc6cccc7c6CN(C6CCC(=O)NC6=O)C7=O)CC5)nn4)cc3OC)nc2N1C1CCCC1. The number of carbonyl (C=O) groups is 4. The summed E-state index contributed by atoms with van der Waals surface area (Å²) in [6.07, 6.45) is 14.0. The number of benzene rings is 2. The first-order valence-electron chi connectivity index (χ1n) is 23.1. The third-order valence-electron chi connectivity index (χ3n) is 13.6. The Hall–Kier alpha value is -6.38. The molecule has 4 amide bonds. The van der Waals surface area contributed by atoms with E-state index in [-0.39, 0.29) is 42.3 Å². The van der Waals surface area contributed by atoms with Gasteiger partial charge in [-0.05, 0) is 81.2 Å². The number of aromatic nitrogens is 5. The zero-order valence-electron chi connectivity index (χ0n) is 37.3. The van der Waals surface area contributed by atoms with Crippen LogP contribution in [0.3, 0.4) is 0 Å². The van der Waals surface area contributed by atoms with Crippen LogP contribution in [0.5, 0.6) is 5.75 Å². The van der Waals surface area contributed by atoms with Crippen LogP contribution >= 0.6 is 0 Å². The predicted octanol–water partition coefficient (Wildman–Crippen LogP) is 5.28. The average Bonchev–Trinajstić information content (AvgIpc) is 4.11. The van der Waals surface area contributed by atoms with Gasteiger partial charge in [-0.3, -0.25) is 24.5 Å². The molecule has 0 spiro atoms. The minimum atomic E-state index is -0.649. The molecule has 65 heavy (non-hydrogen) atoms. The molecule has 2 aromatic heterocycles. The number of imide groups is 1. The number of likely N-dealkylation sites (N-methyl/N-ethyl adjacent to an activating group) is 1. The van der Waals surface area contributed by atoms with Crippen molar-refractivity contribution in [2.24, 2.45) is 0 Å². The van der Waals surface area contributed by atoms with E-state index in [2.05, 4.69) is 54.9 Å². The highest BCUT2D eigenvalue weighted by atomic mass is 16.5. The van der Waals surface area contributed by atoms with Crippen LogP contribution in [0, 0.1) is 11.8 Å². The van der Waals surface area contributed by atoms with Gasteiger partial charge in [-0.2, -0.15) is 4.98 Å². The van der Waals surface area contributed by atoms with Gasteiger partial charge in [0.15, 0.2) is 5.82 Å². The Balaban J connectivity index is 0.723. The average molecular weight is 884 g/mol. The number of piperidine rings is 1. The van der Waals surface area contributed by atoms with E-state index < -0.39 is 11.9 Å². The van der Waals surface area contributed by atoms with Crippen molar-refractivity contribution < 1.29 is 28.7 Å². The van der Waals surface area contributed by atoms with Crippen LogP contribution in [-0.2, 0) is 25.7 Å². The molecule has 3 N–H and O–H groups in total. The third-order valence-corrected chi connectivity index (χ3v) is 13.6. The minimum absolute atomic E-state index is 0.0871. The van der Waals surface area contributed by atoms with Crippen molar-refractivity contribution in [2.75, 3.05) is 49.0 Å². The molecule has 2 aromatic carbocycles. The largest absolute Gasteiger partial charge is 0.495 e. The van der Waals surface area contributed by atoms with Gasteiger partial charge in [0, 0.05) is 61.8 Å². The molecule has 17 heteroatoms. The Labute approximate surface area is 379 Å². The molecule has 340 valence electrons. The first-order chi connectivity index (χ1) is 31.7. The molecule has 5 aliphatic rings. The summed E-state index contributed by atoms with van der Waals surface area (Å²) < 4.78 is 13.7. The second kappa shape index (κ2) is 19.4. The zero-order chi connectivity index (χ0) is 45.0. The summed E-state index contributed by atoms with van der Waals surface area (Å²) in [5, 5.41) is 18.4. The number of amides is 4. The maximum atomic E-state index is 13.3. The molecule has 2 atom stereocenters. The Kier molecular flexibility index (Phi) is 13.1. The lowest BCUT2D eigenvalue weighted by Gasteiger charge is -2.43. The second-order valence-corrected chi connectivity index (χ2v) is 17.5. The van der Waals surface area contributed by atoms with Gasteiger partial charge in [0.25, 0.3) is 5.91 Å². The molecule has 1 unspecified atom stereocenters. The van der Waals surface area contributed by atoms with Crippen molar-refractivity contribution in [3.63, 3.8) is 0 Å². The van der Waals surface area contributed by atoms with E-state index in [1.807, 2.05) is 41.2 Å². The summed E-state index contributed by atoms with van der Waals surface area (Å²) in [5.41, 5.74) is 5.27. The van der Waals surface area contributed by atoms with Gasteiger partial charge in [0.1, 0.15) is 29.2 Å². The normalized spacial score (nSPS) is 22.1. The van der Waals surface area contributed by atoms with Gasteiger partial charge in [-0.1, -0.05) is 49.0 Å². The Morgan fingerprint density at radius 3 is 2.58 bits per heavy atom. The lowest BCUT2D eigenvalue weighted by molar-refractivity contribution is -0.137. The number of fused-ring (bicyclic) bond motifs is 2. The van der Waals surface area contributed by atoms with Crippen molar-refractivity contribution in [1.82, 2.24) is 40.5 Å². The van der Waals surface area contributed by atoms with Crippen molar-refractivity contribution in [1.29, 1.82) is 0 Å². The van der Waals surface area contributed by atoms with Gasteiger partial charge in [0.05, 0.1) is 44.4 Å². The van der Waals surface area contributed by atoms with Crippen molar-refractivity contribution >= 4 is 46.8 Å². The van der Waals surface area contributed by atoms with Crippen LogP contribution in [0.4, 0.5) is 23.1 Å². The summed E-state index contributed by atoms with van der Waals surface area (Å²) in [7, 11) is 3.45. The van der Waals surface area contributed by atoms with Crippen LogP contribution in [-0.4, -0.2) is 112 Å². The maximum Gasteiger partial charge on any atom is 0.255 e. The number of methoxy groups -OCH3 is 1. The fourth-order valence-electron chi connectivity index (χ4n) is 10.1. The predicted molar refractivity (Wildman–Crippen MR) is 244 cm³/mol. The van der Waals surface area contributed by atoms with E-state index in [0.717, 1.165) is 97.5 Å². The van der Waals surface area contributed by atoms with Gasteiger partial charge < -0.3 is 34.8 Å². The molecule has 5 heterocycles. The molecule has 3 fully saturated rings. The topological polar surface area (TPSA) is 189 Å². The summed E-state index contributed by atoms with van der Waals surface area (Å²) in [4.78, 5) is 65.5. The second-order valence-electron chi connectivity index (χ2n) is 17.5. The quantitative estimate of drug-likeness (QED) is 0.0844. The summed E-state index contributed by atoms with van der Waals surface area (Å²) in [6.45, 7) is 4.20. The molecular weight excluding hydrogens is 827 g/mol. The number of hydrogen-bond acceptors (Lipinski definition) is 13. The summed E-state index contributed by atoms with van der Waals surface area (Å²) >= 11 is 0. The molecule has 2 saturated carbocycles. The number of ether oxygens (including phenoxy) is 2. The van der Waals surface area contributed by atoms with Crippen molar-refractivity contribution in [3.8, 4) is 28.8 Å². The number of rotatable bonds is 14. The number of hydrogen-bond donors (Lipinski definition) is 3.